The molecule has 0 bridgehead atoms. The normalized spacial score (nSPS) is 10.7. The Morgan fingerprint density at radius 3 is 1.10 bits per heavy atom. The highest BCUT2D eigenvalue weighted by Gasteiger charge is 2.09. The number of hydrogen-bond donors (Lipinski definition) is 2. The quantitative estimate of drug-likeness (QED) is 0.224. The molecule has 39 heavy (non-hydrogen) atoms. The summed E-state index contributed by atoms with van der Waals surface area (Å²) in [5.74, 6) is 2.25. The van der Waals surface area contributed by atoms with Gasteiger partial charge in [0, 0.05) is 22.5 Å². The molecule has 2 N–H and O–H groups in total. The van der Waals surface area contributed by atoms with E-state index < -0.39 is 0 Å². The summed E-state index contributed by atoms with van der Waals surface area (Å²) in [6, 6.07) is 28.2. The first-order chi connectivity index (χ1) is 18.7. The lowest BCUT2D eigenvalue weighted by Gasteiger charge is -2.11. The van der Waals surface area contributed by atoms with E-state index in [9.17, 15) is 9.59 Å². The van der Waals surface area contributed by atoms with Crippen molar-refractivity contribution in [3.05, 3.63) is 108 Å². The van der Waals surface area contributed by atoms with Crippen molar-refractivity contribution in [3.63, 3.8) is 0 Å². The molecule has 7 nitrogen and oxygen atoms in total. The number of carbonyl (C=O) groups excluding carboxylic acids is 2. The number of hydrogen-bond acceptors (Lipinski definition) is 5. The third-order valence-corrected chi connectivity index (χ3v) is 5.44. The van der Waals surface area contributed by atoms with Gasteiger partial charge < -0.3 is 24.8 Å². The lowest BCUT2D eigenvalue weighted by atomic mass is 10.2. The summed E-state index contributed by atoms with van der Waals surface area (Å²) >= 11 is 0. The maximum Gasteiger partial charge on any atom is 0.255 e. The van der Waals surface area contributed by atoms with Crippen LogP contribution in [-0.2, 0) is 0 Å². The Labute approximate surface area is 228 Å². The predicted octanol–water partition coefficient (Wildman–Crippen LogP) is 7.56. The van der Waals surface area contributed by atoms with E-state index >= 15 is 0 Å². The zero-order valence-electron chi connectivity index (χ0n) is 22.4. The predicted molar refractivity (Wildman–Crippen MR) is 153 cm³/mol. The van der Waals surface area contributed by atoms with Crippen LogP contribution >= 0.6 is 0 Å². The van der Waals surface area contributed by atoms with Gasteiger partial charge in [0.2, 0.25) is 0 Å². The molecule has 0 unspecified atom stereocenters. The third kappa shape index (κ3) is 8.10. The van der Waals surface area contributed by atoms with Gasteiger partial charge in [0.15, 0.2) is 0 Å². The molecule has 200 valence electrons. The van der Waals surface area contributed by atoms with Gasteiger partial charge in [0.05, 0.1) is 12.2 Å². The van der Waals surface area contributed by atoms with Crippen LogP contribution in [-0.4, -0.2) is 24.0 Å². The van der Waals surface area contributed by atoms with E-state index in [1.807, 2.05) is 27.7 Å². The minimum atomic E-state index is -0.211. The standard InChI is InChI=1S/C32H32N2O5/c1-21(2)37-27-13-5-23(6-14-27)31(35)33-25-9-17-29(18-10-25)39-30-19-11-26(12-20-30)34-32(36)24-7-15-28(16-8-24)38-22(3)4/h5-22H,1-4H3,(H,33,35)(H,34,36). The van der Waals surface area contributed by atoms with Gasteiger partial charge in [-0.15, -0.1) is 0 Å². The van der Waals surface area contributed by atoms with Gasteiger partial charge in [-0.2, -0.15) is 0 Å². The largest absolute Gasteiger partial charge is 0.491 e. The minimum Gasteiger partial charge on any atom is -0.491 e. The number of nitrogens with one attached hydrogen (secondary N) is 2. The molecule has 0 spiro atoms. The smallest absolute Gasteiger partial charge is 0.255 e. The van der Waals surface area contributed by atoms with Crippen molar-refractivity contribution >= 4 is 23.2 Å². The zero-order chi connectivity index (χ0) is 27.8. The Morgan fingerprint density at radius 1 is 0.487 bits per heavy atom. The first kappa shape index (κ1) is 27.3. The van der Waals surface area contributed by atoms with Crippen LogP contribution in [0.2, 0.25) is 0 Å². The molecule has 0 saturated heterocycles. The number of anilines is 2. The van der Waals surface area contributed by atoms with Crippen LogP contribution in [0.15, 0.2) is 97.1 Å². The third-order valence-electron chi connectivity index (χ3n) is 5.44. The summed E-state index contributed by atoms with van der Waals surface area (Å²) in [6.07, 6.45) is 0.145. The van der Waals surface area contributed by atoms with Crippen LogP contribution in [0.25, 0.3) is 0 Å². The van der Waals surface area contributed by atoms with E-state index in [1.165, 1.54) is 0 Å². The first-order valence-corrected chi connectivity index (χ1v) is 12.8. The van der Waals surface area contributed by atoms with Gasteiger partial charge in [-0.25, -0.2) is 0 Å². The Kier molecular flexibility index (Phi) is 8.84. The van der Waals surface area contributed by atoms with Gasteiger partial charge in [-0.3, -0.25) is 9.59 Å². The zero-order valence-corrected chi connectivity index (χ0v) is 22.4. The second kappa shape index (κ2) is 12.6. The Morgan fingerprint density at radius 2 is 0.795 bits per heavy atom. The van der Waals surface area contributed by atoms with Gasteiger partial charge in [-0.1, -0.05) is 0 Å². The maximum atomic E-state index is 12.6. The van der Waals surface area contributed by atoms with E-state index in [-0.39, 0.29) is 24.0 Å². The fraction of sp³-hybridized carbons (Fsp3) is 0.188. The second-order valence-electron chi connectivity index (χ2n) is 9.44. The Balaban J connectivity index is 1.29. The number of ether oxygens (including phenoxy) is 3. The summed E-state index contributed by atoms with van der Waals surface area (Å²) in [7, 11) is 0. The summed E-state index contributed by atoms with van der Waals surface area (Å²) < 4.78 is 17.1. The Bertz CT molecular complexity index is 1270. The molecule has 0 aromatic heterocycles. The molecule has 2 amide bonds. The van der Waals surface area contributed by atoms with Crippen LogP contribution in [0.3, 0.4) is 0 Å². The highest BCUT2D eigenvalue weighted by molar-refractivity contribution is 6.05. The van der Waals surface area contributed by atoms with Crippen LogP contribution in [0.5, 0.6) is 23.0 Å². The van der Waals surface area contributed by atoms with E-state index in [0.717, 1.165) is 11.5 Å². The highest BCUT2D eigenvalue weighted by atomic mass is 16.5. The molecule has 4 rings (SSSR count). The maximum absolute atomic E-state index is 12.6. The van der Waals surface area contributed by atoms with Crippen molar-refractivity contribution in [1.29, 1.82) is 0 Å². The number of rotatable bonds is 10. The van der Waals surface area contributed by atoms with Gasteiger partial charge in [0.1, 0.15) is 23.0 Å². The van der Waals surface area contributed by atoms with Crippen LogP contribution in [0.4, 0.5) is 11.4 Å². The van der Waals surface area contributed by atoms with Crippen molar-refractivity contribution in [2.75, 3.05) is 10.6 Å². The minimum absolute atomic E-state index is 0.0725. The number of amides is 2. The van der Waals surface area contributed by atoms with E-state index in [2.05, 4.69) is 10.6 Å². The fourth-order valence-corrected chi connectivity index (χ4v) is 3.67. The molecular weight excluding hydrogens is 492 g/mol. The highest BCUT2D eigenvalue weighted by Crippen LogP contribution is 2.25. The molecule has 0 atom stereocenters. The summed E-state index contributed by atoms with van der Waals surface area (Å²) in [6.45, 7) is 7.81. The second-order valence-corrected chi connectivity index (χ2v) is 9.44. The molecule has 0 radical (unpaired) electrons. The van der Waals surface area contributed by atoms with E-state index in [4.69, 9.17) is 14.2 Å². The van der Waals surface area contributed by atoms with Crippen LogP contribution < -0.4 is 24.8 Å². The summed E-state index contributed by atoms with van der Waals surface area (Å²) in [5, 5.41) is 5.75. The SMILES string of the molecule is CC(C)Oc1ccc(C(=O)Nc2ccc(Oc3ccc(NC(=O)c4ccc(OC(C)C)cc4)cc3)cc2)cc1. The molecular formula is C32H32N2O5. The molecule has 0 fully saturated rings. The lowest BCUT2D eigenvalue weighted by molar-refractivity contribution is 0.101. The molecule has 0 aliphatic carbocycles. The Hall–Kier alpha value is -4.78. The molecule has 0 aliphatic rings. The molecule has 0 saturated carbocycles. The van der Waals surface area contributed by atoms with Gasteiger partial charge in [-0.05, 0) is 125 Å². The van der Waals surface area contributed by atoms with Crippen molar-refractivity contribution in [3.8, 4) is 23.0 Å². The lowest BCUT2D eigenvalue weighted by Crippen LogP contribution is -2.12. The first-order valence-electron chi connectivity index (χ1n) is 12.8. The van der Waals surface area contributed by atoms with Crippen molar-refractivity contribution < 1.29 is 23.8 Å². The average Bonchev–Trinajstić information content (AvgIpc) is 2.91. The molecule has 7 heteroatoms. The van der Waals surface area contributed by atoms with Gasteiger partial charge in [0.25, 0.3) is 11.8 Å². The average molecular weight is 525 g/mol. The van der Waals surface area contributed by atoms with E-state index in [1.54, 1.807) is 97.1 Å². The summed E-state index contributed by atoms with van der Waals surface area (Å²) in [5.41, 5.74) is 2.37. The monoisotopic (exact) mass is 524 g/mol. The van der Waals surface area contributed by atoms with Crippen molar-refractivity contribution in [2.24, 2.45) is 0 Å². The van der Waals surface area contributed by atoms with Crippen LogP contribution in [0, 0.1) is 0 Å². The molecule has 0 aliphatic heterocycles. The topological polar surface area (TPSA) is 85.9 Å². The fourth-order valence-electron chi connectivity index (χ4n) is 3.67. The molecule has 0 heterocycles. The summed E-state index contributed by atoms with van der Waals surface area (Å²) in [4.78, 5) is 25.1. The van der Waals surface area contributed by atoms with Crippen molar-refractivity contribution in [1.82, 2.24) is 0 Å². The molecule has 4 aromatic carbocycles. The number of benzene rings is 4. The van der Waals surface area contributed by atoms with E-state index in [0.29, 0.717) is 34.0 Å². The van der Waals surface area contributed by atoms with Crippen LogP contribution in [0.1, 0.15) is 48.4 Å². The molecule has 4 aromatic rings. The number of carbonyl (C=O) groups is 2. The van der Waals surface area contributed by atoms with Gasteiger partial charge >= 0.3 is 0 Å². The van der Waals surface area contributed by atoms with Crippen molar-refractivity contribution in [2.45, 2.75) is 39.9 Å².